The molecule has 0 fully saturated rings. The number of nitrogens with one attached hydrogen (secondary N) is 1. The van der Waals surface area contributed by atoms with E-state index in [9.17, 15) is 19.2 Å². The number of hydrogen-bond donors (Lipinski definition) is 3. The molecule has 0 aromatic heterocycles. The number of carboxylic acid groups (broad SMARTS) is 1. The van der Waals surface area contributed by atoms with Crippen LogP contribution in [0.15, 0.2) is 170 Å². The van der Waals surface area contributed by atoms with Gasteiger partial charge in [-0.3, -0.25) is 29.3 Å². The Morgan fingerprint density at radius 2 is 0.513 bits per heavy atom. The van der Waals surface area contributed by atoms with E-state index in [0.29, 0.717) is 64.7 Å². The second-order valence-corrected chi connectivity index (χ2v) is 12.0. The number of carboxylic acids is 1. The summed E-state index contributed by atoms with van der Waals surface area (Å²) in [6.45, 7) is 2.50. The molecule has 0 saturated carbocycles. The number of carbonyl (C=O) groups excluding carboxylic acids is 4. The van der Waals surface area contributed by atoms with Gasteiger partial charge in [0.05, 0.1) is 20.2 Å². The van der Waals surface area contributed by atoms with Crippen LogP contribution in [0.1, 0.15) is 70.6 Å². The smallest absolute Gasteiger partial charge is 0.300 e. The molecular weight excluding hydrogens is 1900 g/mol. The first kappa shape index (κ1) is 133. The maximum Gasteiger partial charge on any atom is 0.300 e. The summed E-state index contributed by atoms with van der Waals surface area (Å²) in [7, 11) is 4.81. The van der Waals surface area contributed by atoms with Crippen LogP contribution >= 0.6 is 0 Å². The Labute approximate surface area is 771 Å². The molecule has 12 nitrogen and oxygen atoms in total. The number of ether oxygens (including phenoxy) is 3. The van der Waals surface area contributed by atoms with Gasteiger partial charge in [-0.15, -0.1) is 0 Å². The van der Waals surface area contributed by atoms with Crippen molar-refractivity contribution in [2.45, 2.75) is 6.92 Å². The van der Waals surface area contributed by atoms with Gasteiger partial charge in [-0.25, -0.2) is 0 Å². The van der Waals surface area contributed by atoms with E-state index in [1.165, 1.54) is 0 Å². The molecule has 6 N–H and O–H groups in total. The Balaban J connectivity index is -0.0000000384. The van der Waals surface area contributed by atoms with Gasteiger partial charge in [0.1, 0.15) is 0 Å². The topological polar surface area (TPSA) is 203 Å². The number of methoxy groups -OCH3 is 3. The van der Waals surface area contributed by atoms with Crippen LogP contribution in [-0.2, 0) is 412 Å². The number of rotatable bonds is 13. The van der Waals surface area contributed by atoms with Crippen LogP contribution in [0.4, 0.5) is 0 Å². The van der Waals surface area contributed by atoms with Gasteiger partial charge < -0.3 is 75.1 Å². The molecule has 0 aliphatic heterocycles. The molecule has 398 valence electrons. The van der Waals surface area contributed by atoms with E-state index < -0.39 is 5.97 Å². The van der Waals surface area contributed by atoms with Gasteiger partial charge in [-0.1, -0.05) is 158 Å². The predicted molar refractivity (Wildman–Crippen MR) is 271 cm³/mol. The summed E-state index contributed by atoms with van der Waals surface area (Å²) in [5, 5.41) is 10.3. The van der Waals surface area contributed by atoms with Crippen LogP contribution in [0.5, 0.6) is 0 Å². The molecule has 6 rings (SSSR count). The zero-order valence-corrected chi connectivity index (χ0v) is 81.1. The van der Waals surface area contributed by atoms with Crippen LogP contribution in [0, 0.1) is 44.6 Å². The number of aliphatic carboxylic acids is 1. The molecule has 0 unspecified atom stereocenters. The number of ketones is 4. The summed E-state index contributed by atoms with van der Waals surface area (Å²) in [6, 6.07) is 50.0. The van der Waals surface area contributed by atoms with Crippen molar-refractivity contribution in [2.75, 3.05) is 41.5 Å². The Morgan fingerprint density at radius 1 is 0.359 bits per heavy atom. The van der Waals surface area contributed by atoms with Crippen LogP contribution in [0.2, 0.25) is 0 Å². The molecule has 0 bridgehead atoms. The molecule has 6 aromatic carbocycles. The number of carbonyl (C=O) groups is 5. The van der Waals surface area contributed by atoms with Crippen molar-refractivity contribution in [2.24, 2.45) is 5.73 Å². The molecule has 0 heterocycles. The van der Waals surface area contributed by atoms with Crippen molar-refractivity contribution in [1.29, 1.82) is 0 Å². The third-order valence-corrected chi connectivity index (χ3v) is 7.58. The summed E-state index contributed by atoms with van der Waals surface area (Å²) in [6.07, 6.45) is 0. The average Bonchev–Trinajstić information content (AvgIpc) is 3.29. The minimum atomic E-state index is -0.833. The largest absolute Gasteiger partial charge is 0.481 e. The molecule has 0 atom stereocenters. The van der Waals surface area contributed by atoms with E-state index in [2.05, 4.69) is 19.5 Å². The fraction of sp³-hybridized carbons (Fsp3) is 0.130. The third kappa shape index (κ3) is 60.1. The summed E-state index contributed by atoms with van der Waals surface area (Å²) in [5.74, 6) is -1.15. The maximum atomic E-state index is 12.4. The summed E-state index contributed by atoms with van der Waals surface area (Å²) in [5.41, 5.74) is 9.36. The van der Waals surface area contributed by atoms with Gasteiger partial charge in [0.25, 0.3) is 5.97 Å². The first-order valence-corrected chi connectivity index (χ1v) is 18.2. The van der Waals surface area contributed by atoms with Gasteiger partial charge >= 0.3 is 0 Å². The molecule has 0 amide bonds. The molecule has 78 heavy (non-hydrogen) atoms. The molecule has 0 saturated heterocycles. The summed E-state index contributed by atoms with van der Waals surface area (Å²) in [4.78, 5) is 58.8. The van der Waals surface area contributed by atoms with Gasteiger partial charge in [0.2, 0.25) is 0 Å². The second kappa shape index (κ2) is 87.7. The normalized spacial score (nSPS) is 7.29. The van der Waals surface area contributed by atoms with Gasteiger partial charge in [-0.05, 0) is 12.1 Å². The zero-order valence-electron chi connectivity index (χ0n) is 47.0. The Kier molecular flexibility index (Phi) is 150. The Morgan fingerprint density at radius 3 is 0.654 bits per heavy atom. The number of nitrogens with two attached hydrogens (primary N) is 1. The molecule has 0 aliphatic rings. The quantitative estimate of drug-likeness (QED) is 0.0430. The average molecular weight is 1970 g/mol. The molecular formula is C54H70N2O10Y12-6. The van der Waals surface area contributed by atoms with Gasteiger partial charge in [0, 0.05) is 465 Å². The van der Waals surface area contributed by atoms with Crippen molar-refractivity contribution in [3.8, 4) is 0 Å². The number of benzene rings is 6. The molecule has 24 heteroatoms. The van der Waals surface area contributed by atoms with E-state index in [-0.39, 0.29) is 466 Å². The van der Waals surface area contributed by atoms with Crippen molar-refractivity contribution >= 4 is 29.1 Å². The van der Waals surface area contributed by atoms with Crippen LogP contribution in [0.25, 0.3) is 0 Å². The second-order valence-electron chi connectivity index (χ2n) is 12.0. The standard InChI is InChI=1S/2C20H14O2.C4H11NO2.C2H7NO.C2H4O2.6CH3.H2O.12Y/c2*21-19(15-8-3-1-4-9-15)17-12-7-13-18(14-17)20(22)16-10-5-2-6-11-16;1-6-3-5-4-7-2;1-4-2-3;1-2(3)4;;;;;;;;;;;;;;;;;;;/h2*1-14H;5H,3-4H2,1-2H3;2-3H2,1H3;1H3,(H,3,4);6*1H3;1H2;;;;;;;;;;;;/q;;;;;6*-1;;;;;;;;;;;;;. The van der Waals surface area contributed by atoms with Gasteiger partial charge in [0.15, 0.2) is 23.1 Å². The first-order chi connectivity index (χ1) is 28.6. The Hall–Kier alpha value is 6.48. The van der Waals surface area contributed by atoms with Crippen LogP contribution < -0.4 is 11.1 Å². The molecule has 12 radical (unpaired) electrons. The van der Waals surface area contributed by atoms with Crippen molar-refractivity contribution in [3.05, 3.63) is 259 Å². The minimum absolute atomic E-state index is 0. The van der Waals surface area contributed by atoms with E-state index in [1.54, 1.807) is 118 Å². The number of hydrogen-bond acceptors (Lipinski definition) is 10. The summed E-state index contributed by atoms with van der Waals surface area (Å²) < 4.78 is 13.6. The van der Waals surface area contributed by atoms with Crippen LogP contribution in [-0.4, -0.2) is 81.2 Å². The van der Waals surface area contributed by atoms with E-state index in [1.807, 2.05) is 72.8 Å². The van der Waals surface area contributed by atoms with Crippen LogP contribution in [0.3, 0.4) is 0 Å². The van der Waals surface area contributed by atoms with E-state index in [0.717, 1.165) is 6.92 Å². The summed E-state index contributed by atoms with van der Waals surface area (Å²) >= 11 is 0. The molecule has 6 aromatic rings. The SMILES string of the molecule is CC(=O)O.COCN.COCNCOC.O.O=C(c1ccccc1)c1cccc(C(=O)c2ccccc2)c1.O=C(c1ccccc1)c1cccc(C(=O)c2ccccc2)c1.[CH3-].[CH3-].[CH3-].[CH3-].[CH3-].[CH3-].[Y].[Y].[Y].[Y].[Y].[Y].[Y].[Y].[Y].[Y].[Y].[Y]. The van der Waals surface area contributed by atoms with E-state index in [4.69, 9.17) is 15.6 Å². The van der Waals surface area contributed by atoms with Crippen molar-refractivity contribution in [1.82, 2.24) is 5.32 Å². The molecule has 0 spiro atoms. The maximum absolute atomic E-state index is 12.4. The van der Waals surface area contributed by atoms with E-state index >= 15 is 0 Å². The fourth-order valence-electron chi connectivity index (χ4n) is 4.87. The fourth-order valence-corrected chi connectivity index (χ4v) is 4.87. The van der Waals surface area contributed by atoms with Gasteiger partial charge in [-0.2, -0.15) is 0 Å². The molecule has 0 aliphatic carbocycles. The monoisotopic (exact) mass is 1970 g/mol. The third-order valence-electron chi connectivity index (χ3n) is 7.58. The van der Waals surface area contributed by atoms with Crippen molar-refractivity contribution < 1.29 is 441 Å². The zero-order chi connectivity index (χ0) is 43.3. The predicted octanol–water partition coefficient (Wildman–Crippen LogP) is 9.57. The van der Waals surface area contributed by atoms with Crippen molar-refractivity contribution in [3.63, 3.8) is 0 Å². The first-order valence-electron chi connectivity index (χ1n) is 18.2. The Bertz CT molecular complexity index is 1910. The minimum Gasteiger partial charge on any atom is -0.481 e.